The Morgan fingerprint density at radius 3 is 2.32 bits per heavy atom. The highest BCUT2D eigenvalue weighted by Crippen LogP contribution is 2.25. The van der Waals surface area contributed by atoms with Crippen molar-refractivity contribution in [2.45, 2.75) is 71.1 Å². The number of hydrogen-bond acceptors (Lipinski definition) is 6. The van der Waals surface area contributed by atoms with Gasteiger partial charge in [-0.05, 0) is 62.6 Å². The van der Waals surface area contributed by atoms with Gasteiger partial charge in [-0.15, -0.1) is 0 Å². The number of amides is 3. The Bertz CT molecular complexity index is 1130. The van der Waals surface area contributed by atoms with E-state index >= 15 is 0 Å². The molecule has 0 aromatic heterocycles. The van der Waals surface area contributed by atoms with E-state index in [2.05, 4.69) is 16.7 Å². The third kappa shape index (κ3) is 9.36. The third-order valence-electron chi connectivity index (χ3n) is 5.51. The number of carbonyl (C=O) groups excluding carboxylic acids is 3. The lowest BCUT2D eigenvalue weighted by molar-refractivity contribution is -0.138. The van der Waals surface area contributed by atoms with Crippen LogP contribution in [-0.2, 0) is 20.7 Å². The summed E-state index contributed by atoms with van der Waals surface area (Å²) in [6.07, 6.45) is 7.61. The largest absolute Gasteiger partial charge is 0.508 e. The summed E-state index contributed by atoms with van der Waals surface area (Å²) in [4.78, 5) is 40.7. The van der Waals surface area contributed by atoms with Gasteiger partial charge in [0.05, 0.1) is 0 Å². The van der Waals surface area contributed by atoms with Gasteiger partial charge in [-0.25, -0.2) is 4.79 Å². The molecule has 0 heterocycles. The quantitative estimate of drug-likeness (QED) is 0.200. The molecule has 2 aromatic carbocycles. The van der Waals surface area contributed by atoms with Crippen molar-refractivity contribution in [3.05, 3.63) is 59.7 Å². The highest BCUT2D eigenvalue weighted by atomic mass is 16.6. The molecule has 0 saturated carbocycles. The van der Waals surface area contributed by atoms with E-state index in [1.807, 2.05) is 6.92 Å². The van der Waals surface area contributed by atoms with Crippen LogP contribution in [0.25, 0.3) is 0 Å². The van der Waals surface area contributed by atoms with Crippen molar-refractivity contribution in [2.24, 2.45) is 0 Å². The Hall–Kier alpha value is -4.19. The average molecular weight is 524 g/mol. The molecule has 0 fully saturated rings. The molecule has 0 radical (unpaired) electrons. The number of carbonyl (C=O) groups is 3. The molecular formula is C29H37N3O6. The number of phenols is 2. The molecule has 0 bridgehead atoms. The van der Waals surface area contributed by atoms with E-state index in [0.29, 0.717) is 17.7 Å². The molecule has 9 nitrogen and oxygen atoms in total. The zero-order valence-corrected chi connectivity index (χ0v) is 22.4. The fraction of sp³-hybridized carbons (Fsp3) is 0.414. The van der Waals surface area contributed by atoms with Gasteiger partial charge in [0.15, 0.2) is 0 Å². The molecule has 2 rings (SSSR count). The Kier molecular flexibility index (Phi) is 11.0. The minimum atomic E-state index is -1.26. The summed E-state index contributed by atoms with van der Waals surface area (Å²) >= 11 is 0. The number of aromatic hydroxyl groups is 2. The highest BCUT2D eigenvalue weighted by Gasteiger charge is 2.36. The van der Waals surface area contributed by atoms with Crippen molar-refractivity contribution in [3.63, 3.8) is 0 Å². The van der Waals surface area contributed by atoms with Crippen LogP contribution in [0.5, 0.6) is 11.5 Å². The zero-order chi connectivity index (χ0) is 28.3. The lowest BCUT2D eigenvalue weighted by Crippen LogP contribution is -2.52. The molecular weight excluding hydrogens is 486 g/mol. The molecule has 3 amide bonds. The SMILES string of the molecule is C#CN(C(=O)C(Cc1ccc(O)cc1)NC(=O)OC(C)(C)C)C(C(=O)NCCCCC)c1cccc(O)c1. The van der Waals surface area contributed by atoms with E-state index in [1.54, 1.807) is 45.0 Å². The first-order valence-corrected chi connectivity index (χ1v) is 12.6. The second-order valence-electron chi connectivity index (χ2n) is 9.90. The summed E-state index contributed by atoms with van der Waals surface area (Å²) in [7, 11) is 0. The monoisotopic (exact) mass is 523 g/mol. The number of phenolic OH excluding ortho intramolecular Hbond substituents is 2. The van der Waals surface area contributed by atoms with Crippen molar-refractivity contribution < 1.29 is 29.3 Å². The zero-order valence-electron chi connectivity index (χ0n) is 22.4. The third-order valence-corrected chi connectivity index (χ3v) is 5.51. The molecule has 0 spiro atoms. The van der Waals surface area contributed by atoms with Crippen LogP contribution in [0, 0.1) is 12.5 Å². The smallest absolute Gasteiger partial charge is 0.408 e. The van der Waals surface area contributed by atoms with Gasteiger partial charge in [-0.3, -0.25) is 14.5 Å². The van der Waals surface area contributed by atoms with Crippen LogP contribution in [0.1, 0.15) is 64.1 Å². The molecule has 4 N–H and O–H groups in total. The molecule has 0 aliphatic rings. The normalized spacial score (nSPS) is 12.5. The summed E-state index contributed by atoms with van der Waals surface area (Å²) in [5, 5.41) is 25.1. The fourth-order valence-corrected chi connectivity index (χ4v) is 3.75. The highest BCUT2D eigenvalue weighted by molar-refractivity contribution is 5.93. The Morgan fingerprint density at radius 1 is 1.05 bits per heavy atom. The van der Waals surface area contributed by atoms with E-state index < -0.39 is 35.6 Å². The van der Waals surface area contributed by atoms with Gasteiger partial charge in [0.1, 0.15) is 29.2 Å². The lowest BCUT2D eigenvalue weighted by atomic mass is 10.0. The minimum Gasteiger partial charge on any atom is -0.508 e. The van der Waals surface area contributed by atoms with Crippen LogP contribution in [0.4, 0.5) is 4.79 Å². The van der Waals surface area contributed by atoms with Crippen molar-refractivity contribution in [1.82, 2.24) is 15.5 Å². The van der Waals surface area contributed by atoms with Crippen LogP contribution >= 0.6 is 0 Å². The molecule has 204 valence electrons. The number of hydrogen-bond donors (Lipinski definition) is 4. The predicted octanol–water partition coefficient (Wildman–Crippen LogP) is 4.00. The van der Waals surface area contributed by atoms with Gasteiger partial charge < -0.3 is 25.6 Å². The van der Waals surface area contributed by atoms with Crippen molar-refractivity contribution in [1.29, 1.82) is 0 Å². The number of nitrogens with one attached hydrogen (secondary N) is 2. The number of terminal acetylenes is 1. The Balaban J connectivity index is 2.43. The predicted molar refractivity (Wildman–Crippen MR) is 144 cm³/mol. The van der Waals surface area contributed by atoms with Crippen LogP contribution in [-0.4, -0.2) is 51.2 Å². The van der Waals surface area contributed by atoms with Crippen molar-refractivity contribution in [3.8, 4) is 24.0 Å². The maximum absolute atomic E-state index is 13.8. The molecule has 2 unspecified atom stereocenters. The van der Waals surface area contributed by atoms with Gasteiger partial charge in [0.25, 0.3) is 5.91 Å². The molecule has 2 atom stereocenters. The Morgan fingerprint density at radius 2 is 1.74 bits per heavy atom. The Labute approximate surface area is 224 Å². The van der Waals surface area contributed by atoms with Crippen molar-refractivity contribution >= 4 is 17.9 Å². The number of rotatable bonds is 11. The van der Waals surface area contributed by atoms with E-state index in [0.717, 1.165) is 24.2 Å². The van der Waals surface area contributed by atoms with Gasteiger partial charge in [0.2, 0.25) is 5.91 Å². The van der Waals surface area contributed by atoms with Crippen LogP contribution < -0.4 is 10.6 Å². The first kappa shape index (κ1) is 30.0. The summed E-state index contributed by atoms with van der Waals surface area (Å²) in [6.45, 7) is 7.51. The first-order chi connectivity index (χ1) is 17.9. The number of alkyl carbamates (subject to hydrolysis) is 1. The van der Waals surface area contributed by atoms with E-state index in [1.165, 1.54) is 24.3 Å². The standard InChI is InChI=1S/C29H37N3O6/c1-6-8-9-17-30-26(35)25(21-11-10-12-23(34)19-21)32(7-2)27(36)24(31-28(37)38-29(3,4)5)18-20-13-15-22(33)16-14-20/h2,10-16,19,24-25,33-34H,6,8-9,17-18H2,1,3-5H3,(H,30,35)(H,31,37). The second-order valence-corrected chi connectivity index (χ2v) is 9.90. The summed E-state index contributed by atoms with van der Waals surface area (Å²) < 4.78 is 5.35. The van der Waals surface area contributed by atoms with Crippen molar-refractivity contribution in [2.75, 3.05) is 6.54 Å². The maximum Gasteiger partial charge on any atom is 0.408 e. The lowest BCUT2D eigenvalue weighted by Gasteiger charge is -2.30. The summed E-state index contributed by atoms with van der Waals surface area (Å²) in [6, 6.07) is 11.9. The van der Waals surface area contributed by atoms with Gasteiger partial charge in [-0.2, -0.15) is 0 Å². The van der Waals surface area contributed by atoms with E-state index in [9.17, 15) is 24.6 Å². The second kappa shape index (κ2) is 13.9. The first-order valence-electron chi connectivity index (χ1n) is 12.6. The molecule has 2 aromatic rings. The minimum absolute atomic E-state index is 0.0153. The molecule has 9 heteroatoms. The summed E-state index contributed by atoms with van der Waals surface area (Å²) in [5.41, 5.74) is 0.127. The maximum atomic E-state index is 13.8. The fourth-order valence-electron chi connectivity index (χ4n) is 3.75. The van der Waals surface area contributed by atoms with E-state index in [4.69, 9.17) is 11.2 Å². The van der Waals surface area contributed by atoms with Gasteiger partial charge >= 0.3 is 6.09 Å². The molecule has 0 aliphatic heterocycles. The topological polar surface area (TPSA) is 128 Å². The van der Waals surface area contributed by atoms with Crippen LogP contribution in [0.2, 0.25) is 0 Å². The number of benzene rings is 2. The van der Waals surface area contributed by atoms with Crippen LogP contribution in [0.15, 0.2) is 48.5 Å². The molecule has 38 heavy (non-hydrogen) atoms. The molecule has 0 aliphatic carbocycles. The van der Waals surface area contributed by atoms with E-state index in [-0.39, 0.29) is 17.9 Å². The van der Waals surface area contributed by atoms with Gasteiger partial charge in [-0.1, -0.05) is 50.5 Å². The average Bonchev–Trinajstić information content (AvgIpc) is 2.84. The number of ether oxygens (including phenoxy) is 1. The van der Waals surface area contributed by atoms with Gasteiger partial charge in [0, 0.05) is 19.0 Å². The van der Waals surface area contributed by atoms with Crippen LogP contribution in [0.3, 0.4) is 0 Å². The molecule has 0 saturated heterocycles. The number of nitrogens with zero attached hydrogens (tertiary/aromatic N) is 1. The summed E-state index contributed by atoms with van der Waals surface area (Å²) in [5.74, 6) is -1.28. The number of unbranched alkanes of at least 4 members (excludes halogenated alkanes) is 2.